The van der Waals surface area contributed by atoms with Gasteiger partial charge in [-0.2, -0.15) is 21.6 Å². The molecular weight excluding hydrogens is 455 g/mol. The fourth-order valence-corrected chi connectivity index (χ4v) is 4.93. The van der Waals surface area contributed by atoms with Crippen LogP contribution in [0.5, 0.6) is 5.75 Å². The van der Waals surface area contributed by atoms with Gasteiger partial charge in [0.2, 0.25) is 5.91 Å². The van der Waals surface area contributed by atoms with Gasteiger partial charge in [-0.3, -0.25) is 4.79 Å². The minimum absolute atomic E-state index is 0.0108. The lowest BCUT2D eigenvalue weighted by molar-refractivity contribution is -0.139. The Morgan fingerprint density at radius 3 is 2.27 bits per heavy atom. The lowest BCUT2D eigenvalue weighted by atomic mass is 9.88. The number of alkyl halides is 3. The molecule has 2 aromatic rings. The highest BCUT2D eigenvalue weighted by atomic mass is 32.2. The summed E-state index contributed by atoms with van der Waals surface area (Å²) in [5.74, 6) is 0.157. The Morgan fingerprint density at radius 1 is 1.06 bits per heavy atom. The number of hydrogen-bond acceptors (Lipinski definition) is 4. The zero-order chi connectivity index (χ0) is 24.2. The van der Waals surface area contributed by atoms with Gasteiger partial charge in [-0.25, -0.2) is 0 Å². The van der Waals surface area contributed by atoms with Crippen molar-refractivity contribution in [2.24, 2.45) is 5.92 Å². The minimum Gasteiger partial charge on any atom is -0.379 e. The maximum Gasteiger partial charge on any atom is 0.416 e. The van der Waals surface area contributed by atoms with Gasteiger partial charge in [0.05, 0.1) is 5.56 Å². The molecule has 9 heteroatoms. The lowest BCUT2D eigenvalue weighted by Crippen LogP contribution is -2.41. The smallest absolute Gasteiger partial charge is 0.379 e. The van der Waals surface area contributed by atoms with Crippen molar-refractivity contribution in [2.75, 3.05) is 0 Å². The van der Waals surface area contributed by atoms with E-state index >= 15 is 0 Å². The maximum atomic E-state index is 13.0. The zero-order valence-electron chi connectivity index (χ0n) is 18.6. The molecule has 1 fully saturated rings. The van der Waals surface area contributed by atoms with Crippen molar-refractivity contribution in [1.29, 1.82) is 0 Å². The summed E-state index contributed by atoms with van der Waals surface area (Å²) in [5.41, 5.74) is -0.268. The lowest BCUT2D eigenvalue weighted by Gasteiger charge is -2.32. The Labute approximate surface area is 192 Å². The highest BCUT2D eigenvalue weighted by Gasteiger charge is 2.32. The Morgan fingerprint density at radius 2 is 1.70 bits per heavy atom. The summed E-state index contributed by atoms with van der Waals surface area (Å²) in [6.07, 6.45) is 0.439. The van der Waals surface area contributed by atoms with E-state index in [1.807, 2.05) is 18.7 Å². The van der Waals surface area contributed by atoms with Crippen LogP contribution in [-0.2, 0) is 27.6 Å². The SMILES string of the molecule is CC(C)N(Cc1ccc(OS(=O)(=O)c2cccc(C(F)(F)F)c2)cc1)C(=O)C1CCCCC1. The molecule has 1 amide bonds. The standard InChI is InChI=1S/C24H28F3NO4S/c1-17(2)28(23(29)19-7-4-3-5-8-19)16-18-11-13-21(14-12-18)32-33(30,31)22-10-6-9-20(15-22)24(25,26)27/h6,9-15,17,19H,3-5,7-8,16H2,1-2H3. The second kappa shape index (κ2) is 10.2. The number of carbonyl (C=O) groups excluding carboxylic acids is 1. The first-order valence-corrected chi connectivity index (χ1v) is 12.4. The van der Waals surface area contributed by atoms with E-state index in [1.165, 1.54) is 12.1 Å². The fraction of sp³-hybridized carbons (Fsp3) is 0.458. The average molecular weight is 484 g/mol. The van der Waals surface area contributed by atoms with Gasteiger partial charge in [0, 0.05) is 18.5 Å². The van der Waals surface area contributed by atoms with Gasteiger partial charge < -0.3 is 9.08 Å². The second-order valence-corrected chi connectivity index (χ2v) is 10.1. The van der Waals surface area contributed by atoms with Gasteiger partial charge in [-0.05, 0) is 62.6 Å². The average Bonchev–Trinajstić information content (AvgIpc) is 2.78. The molecule has 0 atom stereocenters. The molecule has 1 aliphatic rings. The third kappa shape index (κ3) is 6.50. The summed E-state index contributed by atoms with van der Waals surface area (Å²) in [5, 5.41) is 0. The highest BCUT2D eigenvalue weighted by Crippen LogP contribution is 2.31. The molecule has 1 saturated carbocycles. The molecule has 0 heterocycles. The molecule has 0 N–H and O–H groups in total. The Bertz CT molecular complexity index is 1060. The van der Waals surface area contributed by atoms with Crippen LogP contribution >= 0.6 is 0 Å². The molecule has 180 valence electrons. The van der Waals surface area contributed by atoms with Crippen molar-refractivity contribution in [3.8, 4) is 5.75 Å². The molecule has 5 nitrogen and oxygen atoms in total. The molecule has 2 aromatic carbocycles. The molecule has 0 saturated heterocycles. The Balaban J connectivity index is 1.71. The van der Waals surface area contributed by atoms with E-state index < -0.39 is 26.8 Å². The highest BCUT2D eigenvalue weighted by molar-refractivity contribution is 7.87. The van der Waals surface area contributed by atoms with Gasteiger partial charge in [0.1, 0.15) is 10.6 Å². The molecule has 0 aliphatic heterocycles. The summed E-state index contributed by atoms with van der Waals surface area (Å²) in [6.45, 7) is 4.30. The second-order valence-electron chi connectivity index (χ2n) is 8.60. The Hall–Kier alpha value is -2.55. The molecule has 0 radical (unpaired) electrons. The van der Waals surface area contributed by atoms with Crippen LogP contribution in [0, 0.1) is 5.92 Å². The molecular formula is C24H28F3NO4S. The maximum absolute atomic E-state index is 13.0. The van der Waals surface area contributed by atoms with Crippen LogP contribution in [0.4, 0.5) is 13.2 Å². The number of halogens is 3. The molecule has 3 rings (SSSR count). The zero-order valence-corrected chi connectivity index (χ0v) is 19.5. The van der Waals surface area contributed by atoms with E-state index in [1.54, 1.807) is 12.1 Å². The van der Waals surface area contributed by atoms with Crippen LogP contribution in [0.2, 0.25) is 0 Å². The Kier molecular flexibility index (Phi) is 7.72. The molecule has 0 unspecified atom stereocenters. The van der Waals surface area contributed by atoms with E-state index in [9.17, 15) is 26.4 Å². The number of carbonyl (C=O) groups is 1. The van der Waals surface area contributed by atoms with Crippen molar-refractivity contribution in [3.05, 3.63) is 59.7 Å². The molecule has 0 spiro atoms. The van der Waals surface area contributed by atoms with E-state index in [2.05, 4.69) is 0 Å². The van der Waals surface area contributed by atoms with Crippen molar-refractivity contribution < 1.29 is 30.6 Å². The van der Waals surface area contributed by atoms with Crippen LogP contribution in [0.15, 0.2) is 53.4 Å². The number of nitrogens with zero attached hydrogens (tertiary/aromatic N) is 1. The van der Waals surface area contributed by atoms with Crippen LogP contribution < -0.4 is 4.18 Å². The largest absolute Gasteiger partial charge is 0.416 e. The predicted molar refractivity (Wildman–Crippen MR) is 118 cm³/mol. The molecule has 33 heavy (non-hydrogen) atoms. The normalized spacial score (nSPS) is 15.5. The molecule has 1 aliphatic carbocycles. The summed E-state index contributed by atoms with van der Waals surface area (Å²) < 4.78 is 68.6. The van der Waals surface area contributed by atoms with Gasteiger partial charge in [0.15, 0.2) is 0 Å². The first-order chi connectivity index (χ1) is 15.5. The van der Waals surface area contributed by atoms with Gasteiger partial charge in [0.25, 0.3) is 0 Å². The molecule has 0 bridgehead atoms. The van der Waals surface area contributed by atoms with Crippen molar-refractivity contribution in [3.63, 3.8) is 0 Å². The van der Waals surface area contributed by atoms with Crippen molar-refractivity contribution >= 4 is 16.0 Å². The third-order valence-electron chi connectivity index (χ3n) is 5.79. The summed E-state index contributed by atoms with van der Waals surface area (Å²) in [6, 6.07) is 9.60. The van der Waals surface area contributed by atoms with Crippen LogP contribution in [-0.4, -0.2) is 25.3 Å². The first-order valence-electron chi connectivity index (χ1n) is 11.0. The summed E-state index contributed by atoms with van der Waals surface area (Å²) >= 11 is 0. The third-order valence-corrected chi connectivity index (χ3v) is 7.04. The summed E-state index contributed by atoms with van der Waals surface area (Å²) in [7, 11) is -4.44. The first kappa shape index (κ1) is 25.1. The number of benzene rings is 2. The topological polar surface area (TPSA) is 63.7 Å². The predicted octanol–water partition coefficient (Wildman–Crippen LogP) is 5.79. The van der Waals surface area contributed by atoms with Crippen molar-refractivity contribution in [2.45, 2.75) is 69.6 Å². The van der Waals surface area contributed by atoms with E-state index in [-0.39, 0.29) is 23.6 Å². The minimum atomic E-state index is -4.66. The molecule has 0 aromatic heterocycles. The van der Waals surface area contributed by atoms with Gasteiger partial charge >= 0.3 is 16.3 Å². The van der Waals surface area contributed by atoms with Crippen LogP contribution in [0.25, 0.3) is 0 Å². The van der Waals surface area contributed by atoms with Gasteiger partial charge in [-0.1, -0.05) is 37.5 Å². The summed E-state index contributed by atoms with van der Waals surface area (Å²) in [4.78, 5) is 14.2. The van der Waals surface area contributed by atoms with Gasteiger partial charge in [-0.15, -0.1) is 0 Å². The van der Waals surface area contributed by atoms with Crippen LogP contribution in [0.1, 0.15) is 57.1 Å². The number of hydrogen-bond donors (Lipinski definition) is 0. The number of amides is 1. The van der Waals surface area contributed by atoms with Crippen LogP contribution in [0.3, 0.4) is 0 Å². The van der Waals surface area contributed by atoms with E-state index in [0.29, 0.717) is 12.6 Å². The van der Waals surface area contributed by atoms with E-state index in [0.717, 1.165) is 55.9 Å². The number of rotatable bonds is 7. The quantitative estimate of drug-likeness (QED) is 0.468. The monoisotopic (exact) mass is 483 g/mol. The van der Waals surface area contributed by atoms with Crippen molar-refractivity contribution in [1.82, 2.24) is 4.90 Å². The fourth-order valence-electron chi connectivity index (χ4n) is 3.95. The van der Waals surface area contributed by atoms with E-state index in [4.69, 9.17) is 4.18 Å².